The summed E-state index contributed by atoms with van der Waals surface area (Å²) in [5.74, 6) is -1.11. The van der Waals surface area contributed by atoms with E-state index in [1.54, 1.807) is 17.9 Å². The number of nitrogen functional groups attached to an aromatic ring is 1. The van der Waals surface area contributed by atoms with Gasteiger partial charge in [0, 0.05) is 24.5 Å². The molecule has 20 heavy (non-hydrogen) atoms. The van der Waals surface area contributed by atoms with Gasteiger partial charge in [-0.1, -0.05) is 0 Å². The summed E-state index contributed by atoms with van der Waals surface area (Å²) in [4.78, 5) is 24.7. The molecule has 4 N–H and O–H groups in total. The average molecular weight is 279 g/mol. The van der Waals surface area contributed by atoms with Gasteiger partial charge in [-0.15, -0.1) is 0 Å². The van der Waals surface area contributed by atoms with Crippen molar-refractivity contribution < 1.29 is 14.7 Å². The number of carboxylic acids is 1. The third-order valence-corrected chi connectivity index (χ3v) is 3.18. The maximum Gasteiger partial charge on any atom is 0.337 e. The quantitative estimate of drug-likeness (QED) is 0.687. The molecule has 1 rings (SSSR count). The van der Waals surface area contributed by atoms with Crippen molar-refractivity contribution >= 4 is 23.3 Å². The number of amides is 1. The highest BCUT2D eigenvalue weighted by Crippen LogP contribution is 2.22. The summed E-state index contributed by atoms with van der Waals surface area (Å²) in [7, 11) is 0. The second kappa shape index (κ2) is 6.79. The molecule has 1 amide bonds. The minimum Gasteiger partial charge on any atom is -0.478 e. The van der Waals surface area contributed by atoms with Crippen LogP contribution in [0.4, 0.5) is 11.4 Å². The normalized spacial score (nSPS) is 10.2. The molecule has 0 radical (unpaired) electrons. The van der Waals surface area contributed by atoms with Crippen molar-refractivity contribution in [1.29, 1.82) is 0 Å². The van der Waals surface area contributed by atoms with E-state index in [9.17, 15) is 9.59 Å². The standard InChI is InChI=1S/C14H21N3O3/c1-4-17(5-2)12(18)8-16-10-6-9(3)13(15)11(7-10)14(19)20/h6-7,16H,4-5,8,15H2,1-3H3,(H,19,20). The zero-order valence-electron chi connectivity index (χ0n) is 12.1. The van der Waals surface area contributed by atoms with E-state index in [2.05, 4.69) is 5.32 Å². The lowest BCUT2D eigenvalue weighted by molar-refractivity contribution is -0.128. The lowest BCUT2D eigenvalue weighted by atomic mass is 10.1. The summed E-state index contributed by atoms with van der Waals surface area (Å²) in [6.45, 7) is 6.99. The van der Waals surface area contributed by atoms with Gasteiger partial charge in [-0.25, -0.2) is 4.79 Å². The van der Waals surface area contributed by atoms with E-state index >= 15 is 0 Å². The molecule has 0 aliphatic heterocycles. The Morgan fingerprint density at radius 1 is 1.30 bits per heavy atom. The number of hydrogen-bond acceptors (Lipinski definition) is 4. The van der Waals surface area contributed by atoms with Crippen LogP contribution in [-0.2, 0) is 4.79 Å². The van der Waals surface area contributed by atoms with Gasteiger partial charge in [0.2, 0.25) is 5.91 Å². The largest absolute Gasteiger partial charge is 0.478 e. The molecule has 0 aliphatic rings. The topological polar surface area (TPSA) is 95.7 Å². The van der Waals surface area contributed by atoms with Gasteiger partial charge in [0.1, 0.15) is 0 Å². The van der Waals surface area contributed by atoms with Crippen LogP contribution in [0.5, 0.6) is 0 Å². The van der Waals surface area contributed by atoms with Gasteiger partial charge >= 0.3 is 5.97 Å². The first-order valence-corrected chi connectivity index (χ1v) is 6.55. The molecule has 0 aromatic heterocycles. The molecule has 0 aliphatic carbocycles. The van der Waals surface area contributed by atoms with Crippen molar-refractivity contribution in [2.24, 2.45) is 0 Å². The summed E-state index contributed by atoms with van der Waals surface area (Å²) < 4.78 is 0. The lowest BCUT2D eigenvalue weighted by Crippen LogP contribution is -2.35. The van der Waals surface area contributed by atoms with Crippen molar-refractivity contribution in [2.45, 2.75) is 20.8 Å². The van der Waals surface area contributed by atoms with Crippen LogP contribution in [0.3, 0.4) is 0 Å². The van der Waals surface area contributed by atoms with E-state index < -0.39 is 5.97 Å². The fraction of sp³-hybridized carbons (Fsp3) is 0.429. The van der Waals surface area contributed by atoms with E-state index in [0.717, 1.165) is 0 Å². The first kappa shape index (κ1) is 15.8. The van der Waals surface area contributed by atoms with Gasteiger partial charge < -0.3 is 21.1 Å². The molecule has 1 aromatic carbocycles. The molecule has 0 saturated heterocycles. The average Bonchev–Trinajstić information content (AvgIpc) is 2.41. The van der Waals surface area contributed by atoms with Crippen LogP contribution < -0.4 is 11.1 Å². The zero-order chi connectivity index (χ0) is 15.3. The third kappa shape index (κ3) is 3.63. The van der Waals surface area contributed by atoms with Crippen LogP contribution in [0.1, 0.15) is 29.8 Å². The minimum atomic E-state index is -1.08. The molecule has 6 nitrogen and oxygen atoms in total. The second-order valence-corrected chi connectivity index (χ2v) is 4.48. The molecule has 1 aromatic rings. The molecule has 0 bridgehead atoms. The number of hydrogen-bond donors (Lipinski definition) is 3. The number of nitrogens with zero attached hydrogens (tertiary/aromatic N) is 1. The van der Waals surface area contributed by atoms with E-state index in [1.165, 1.54) is 6.07 Å². The molecular weight excluding hydrogens is 258 g/mol. The summed E-state index contributed by atoms with van der Waals surface area (Å²) in [6.07, 6.45) is 0. The fourth-order valence-corrected chi connectivity index (χ4v) is 1.94. The molecule has 0 unspecified atom stereocenters. The Morgan fingerprint density at radius 2 is 1.90 bits per heavy atom. The zero-order valence-corrected chi connectivity index (χ0v) is 12.1. The molecule has 0 saturated carbocycles. The Kier molecular flexibility index (Phi) is 5.37. The Morgan fingerprint density at radius 3 is 2.40 bits per heavy atom. The Hall–Kier alpha value is -2.24. The second-order valence-electron chi connectivity index (χ2n) is 4.48. The Bertz CT molecular complexity index is 511. The number of aryl methyl sites for hydroxylation is 1. The fourth-order valence-electron chi connectivity index (χ4n) is 1.94. The summed E-state index contributed by atoms with van der Waals surface area (Å²) in [5, 5.41) is 12.0. The number of nitrogens with one attached hydrogen (secondary N) is 1. The van der Waals surface area contributed by atoms with Crippen molar-refractivity contribution in [2.75, 3.05) is 30.7 Å². The number of benzene rings is 1. The highest BCUT2D eigenvalue weighted by Gasteiger charge is 2.13. The van der Waals surface area contributed by atoms with Crippen molar-refractivity contribution in [1.82, 2.24) is 4.90 Å². The summed E-state index contributed by atoms with van der Waals surface area (Å²) in [6, 6.07) is 3.18. The van der Waals surface area contributed by atoms with Crippen LogP contribution in [0.25, 0.3) is 0 Å². The molecule has 0 fully saturated rings. The van der Waals surface area contributed by atoms with Crippen LogP contribution in [0, 0.1) is 6.92 Å². The number of carbonyl (C=O) groups is 2. The van der Waals surface area contributed by atoms with Gasteiger partial charge in [0.15, 0.2) is 0 Å². The van der Waals surface area contributed by atoms with Gasteiger partial charge in [-0.3, -0.25) is 4.79 Å². The first-order chi connectivity index (χ1) is 9.40. The van der Waals surface area contributed by atoms with Crippen molar-refractivity contribution in [3.63, 3.8) is 0 Å². The van der Waals surface area contributed by atoms with Crippen LogP contribution in [0.15, 0.2) is 12.1 Å². The molecule has 110 valence electrons. The molecule has 0 spiro atoms. The highest BCUT2D eigenvalue weighted by molar-refractivity contribution is 5.96. The SMILES string of the molecule is CCN(CC)C(=O)CNc1cc(C)c(N)c(C(=O)O)c1. The van der Waals surface area contributed by atoms with E-state index in [0.29, 0.717) is 24.3 Å². The third-order valence-electron chi connectivity index (χ3n) is 3.18. The maximum atomic E-state index is 11.9. The maximum absolute atomic E-state index is 11.9. The van der Waals surface area contributed by atoms with Gasteiger partial charge in [-0.2, -0.15) is 0 Å². The predicted molar refractivity (Wildman–Crippen MR) is 79.0 cm³/mol. The number of rotatable bonds is 6. The van der Waals surface area contributed by atoms with Crippen LogP contribution in [-0.4, -0.2) is 41.5 Å². The minimum absolute atomic E-state index is 0.0265. The van der Waals surface area contributed by atoms with Gasteiger partial charge in [-0.05, 0) is 38.5 Å². The van der Waals surface area contributed by atoms with E-state index in [1.807, 2.05) is 13.8 Å². The summed E-state index contributed by atoms with van der Waals surface area (Å²) in [5.41, 5.74) is 7.26. The van der Waals surface area contributed by atoms with E-state index in [4.69, 9.17) is 10.8 Å². The number of aromatic carboxylic acids is 1. The molecule has 0 heterocycles. The van der Waals surface area contributed by atoms with Crippen molar-refractivity contribution in [3.8, 4) is 0 Å². The lowest BCUT2D eigenvalue weighted by Gasteiger charge is -2.19. The Labute approximate surface area is 118 Å². The number of carboxylic acid groups (broad SMARTS) is 1. The number of carbonyl (C=O) groups excluding carboxylic acids is 1. The molecular formula is C14H21N3O3. The summed E-state index contributed by atoms with van der Waals surface area (Å²) >= 11 is 0. The van der Waals surface area contributed by atoms with Crippen LogP contribution in [0.2, 0.25) is 0 Å². The molecule has 0 atom stereocenters. The number of likely N-dealkylation sites (N-methyl/N-ethyl adjacent to an activating group) is 1. The first-order valence-electron chi connectivity index (χ1n) is 6.55. The smallest absolute Gasteiger partial charge is 0.337 e. The van der Waals surface area contributed by atoms with Crippen LogP contribution >= 0.6 is 0 Å². The number of nitrogens with two attached hydrogens (primary N) is 1. The molecule has 6 heteroatoms. The number of anilines is 2. The monoisotopic (exact) mass is 279 g/mol. The predicted octanol–water partition coefficient (Wildman–Crippen LogP) is 1.56. The van der Waals surface area contributed by atoms with Gasteiger partial charge in [0.05, 0.1) is 12.1 Å². The highest BCUT2D eigenvalue weighted by atomic mass is 16.4. The Balaban J connectivity index is 2.84. The van der Waals surface area contributed by atoms with Crippen molar-refractivity contribution in [3.05, 3.63) is 23.3 Å². The van der Waals surface area contributed by atoms with Gasteiger partial charge in [0.25, 0.3) is 0 Å². The van der Waals surface area contributed by atoms with E-state index in [-0.39, 0.29) is 23.7 Å².